The number of hydrazone groups is 1. The van der Waals surface area contributed by atoms with Crippen LogP contribution in [0.3, 0.4) is 0 Å². The molecule has 0 fully saturated rings. The fraction of sp³-hybridized carbons (Fsp3) is 0. The molecular formula is CH3N3O. The Kier molecular flexibility index (Phi) is 2.60. The van der Waals surface area contributed by atoms with Gasteiger partial charge in [-0.25, -0.2) is 16.2 Å². The molecule has 0 amide bonds. The summed E-state index contributed by atoms with van der Waals surface area (Å²) in [6.45, 7) is 0. The lowest BCUT2D eigenvalue weighted by Crippen LogP contribution is -2.12. The van der Waals surface area contributed by atoms with E-state index >= 15 is 0 Å². The van der Waals surface area contributed by atoms with E-state index in [-0.39, 0.29) is 0 Å². The maximum atomic E-state index is 8.97. The molecule has 5 heavy (non-hydrogen) atoms. The number of hydrogen-bond acceptors (Lipinski definition) is 4. The standard InChI is InChI=1S/CH3N3O/c2-4-3-1-5/h4H,2H2. The highest BCUT2D eigenvalue weighted by Gasteiger charge is 1.44. The van der Waals surface area contributed by atoms with Gasteiger partial charge in [0.1, 0.15) is 0 Å². The van der Waals surface area contributed by atoms with Crippen LogP contribution in [0.2, 0.25) is 0 Å². The summed E-state index contributed by atoms with van der Waals surface area (Å²) < 4.78 is 0. The largest absolute Gasteiger partial charge is 0.259 e. The monoisotopic (exact) mass is 73.0 g/mol. The van der Waals surface area contributed by atoms with Crippen molar-refractivity contribution in [3.63, 3.8) is 0 Å². The second-order valence-corrected chi connectivity index (χ2v) is 0.332. The van der Waals surface area contributed by atoms with E-state index in [1.54, 1.807) is 5.53 Å². The Morgan fingerprint density at radius 2 is 2.60 bits per heavy atom. The number of nitrogens with two attached hydrogens (primary N) is 1. The number of isocyanates is 1. The van der Waals surface area contributed by atoms with Crippen LogP contribution in [-0.2, 0) is 4.79 Å². The quantitative estimate of drug-likeness (QED) is 0.175. The normalized spacial score (nSPS) is 5.00. The van der Waals surface area contributed by atoms with Crippen molar-refractivity contribution in [2.75, 3.05) is 0 Å². The van der Waals surface area contributed by atoms with Crippen molar-refractivity contribution in [3.05, 3.63) is 0 Å². The van der Waals surface area contributed by atoms with E-state index in [1.165, 1.54) is 0 Å². The van der Waals surface area contributed by atoms with Gasteiger partial charge in [-0.1, -0.05) is 5.10 Å². The predicted octanol–water partition coefficient (Wildman–Crippen LogP) is -1.30. The van der Waals surface area contributed by atoms with Crippen LogP contribution < -0.4 is 11.4 Å². The van der Waals surface area contributed by atoms with Gasteiger partial charge in [0.25, 0.3) is 6.08 Å². The van der Waals surface area contributed by atoms with Gasteiger partial charge in [0.05, 0.1) is 0 Å². The van der Waals surface area contributed by atoms with Crippen molar-refractivity contribution in [3.8, 4) is 0 Å². The molecule has 0 saturated heterocycles. The molecule has 0 heterocycles. The van der Waals surface area contributed by atoms with Gasteiger partial charge in [-0.3, -0.25) is 0 Å². The summed E-state index contributed by atoms with van der Waals surface area (Å²) >= 11 is 0. The molecule has 4 nitrogen and oxygen atoms in total. The Balaban J connectivity index is 2.93. The van der Waals surface area contributed by atoms with E-state index in [9.17, 15) is 0 Å². The minimum atomic E-state index is 1.16. The van der Waals surface area contributed by atoms with Crippen molar-refractivity contribution in [1.29, 1.82) is 0 Å². The van der Waals surface area contributed by atoms with E-state index in [1.807, 2.05) is 0 Å². The summed E-state index contributed by atoms with van der Waals surface area (Å²) in [6.07, 6.45) is 1.16. The van der Waals surface area contributed by atoms with Crippen LogP contribution in [0, 0.1) is 0 Å². The fourth-order valence-corrected chi connectivity index (χ4v) is 0.0264. The number of carbonyl (C=O) groups excluding carboxylic acids is 1. The third-order valence-corrected chi connectivity index (χ3v) is 0.110. The molecule has 0 aromatic carbocycles. The molecule has 0 aromatic heterocycles. The molecule has 0 bridgehead atoms. The van der Waals surface area contributed by atoms with Crippen LogP contribution in [0.5, 0.6) is 0 Å². The lowest BCUT2D eigenvalue weighted by atomic mass is 11.6. The smallest absolute Gasteiger partial charge is 0.235 e. The zero-order chi connectivity index (χ0) is 4.12. The highest BCUT2D eigenvalue weighted by Crippen LogP contribution is 1.26. The maximum absolute atomic E-state index is 8.97. The van der Waals surface area contributed by atoms with Gasteiger partial charge in [0.15, 0.2) is 0 Å². The Morgan fingerprint density at radius 3 is 2.60 bits per heavy atom. The number of hydrogen-bond donors (Lipinski definition) is 2. The Hall–Kier alpha value is -0.860. The predicted molar refractivity (Wildman–Crippen MR) is 15.4 cm³/mol. The zero-order valence-corrected chi connectivity index (χ0v) is 2.43. The third kappa shape index (κ3) is 3.14. The second kappa shape index (κ2) is 3.14. The van der Waals surface area contributed by atoms with Gasteiger partial charge in [-0.05, 0) is 0 Å². The zero-order valence-electron chi connectivity index (χ0n) is 2.43. The minimum Gasteiger partial charge on any atom is -0.235 e. The van der Waals surface area contributed by atoms with E-state index in [2.05, 4.69) is 10.9 Å². The van der Waals surface area contributed by atoms with Gasteiger partial charge in [-0.2, -0.15) is 0 Å². The van der Waals surface area contributed by atoms with Crippen LogP contribution in [0.4, 0.5) is 0 Å². The van der Waals surface area contributed by atoms with Crippen molar-refractivity contribution in [1.82, 2.24) is 5.53 Å². The maximum Gasteiger partial charge on any atom is 0.259 e. The second-order valence-electron chi connectivity index (χ2n) is 0.332. The number of hydrazine groups is 1. The molecule has 0 aliphatic heterocycles. The van der Waals surface area contributed by atoms with Gasteiger partial charge in [0, 0.05) is 0 Å². The summed E-state index contributed by atoms with van der Waals surface area (Å²) in [5.41, 5.74) is 1.72. The Bertz CT molecular complexity index is 53.9. The Morgan fingerprint density at radius 1 is 2.00 bits per heavy atom. The van der Waals surface area contributed by atoms with Crippen molar-refractivity contribution in [2.45, 2.75) is 0 Å². The first-order valence-electron chi connectivity index (χ1n) is 0.940. The molecule has 0 saturated carbocycles. The average molecular weight is 73.1 g/mol. The summed E-state index contributed by atoms with van der Waals surface area (Å²) in [4.78, 5) is 8.97. The van der Waals surface area contributed by atoms with Crippen LogP contribution in [0.25, 0.3) is 0 Å². The van der Waals surface area contributed by atoms with Crippen molar-refractivity contribution >= 4 is 6.08 Å². The molecular weight excluding hydrogens is 70.0 g/mol. The van der Waals surface area contributed by atoms with E-state index < -0.39 is 0 Å². The summed E-state index contributed by atoms with van der Waals surface area (Å²) in [5, 5.41) is 2.69. The first-order valence-corrected chi connectivity index (χ1v) is 0.940. The summed E-state index contributed by atoms with van der Waals surface area (Å²) in [5.74, 6) is 4.46. The fourth-order valence-electron chi connectivity index (χ4n) is 0.0264. The van der Waals surface area contributed by atoms with Gasteiger partial charge in [0.2, 0.25) is 0 Å². The van der Waals surface area contributed by atoms with E-state index in [0.29, 0.717) is 0 Å². The van der Waals surface area contributed by atoms with Gasteiger partial charge in [-0.15, -0.1) is 0 Å². The van der Waals surface area contributed by atoms with Crippen molar-refractivity contribution < 1.29 is 4.79 Å². The highest BCUT2D eigenvalue weighted by atomic mass is 16.1. The number of nitrogens with zero attached hydrogens (tertiary/aromatic N) is 1. The van der Waals surface area contributed by atoms with Crippen LogP contribution in [0.15, 0.2) is 5.10 Å². The lowest BCUT2D eigenvalue weighted by Gasteiger charge is -1.69. The summed E-state index contributed by atoms with van der Waals surface area (Å²) in [7, 11) is 0. The SMILES string of the molecule is NNN=C=O. The molecule has 0 aliphatic carbocycles. The third-order valence-electron chi connectivity index (χ3n) is 0.110. The molecule has 0 aromatic rings. The highest BCUT2D eigenvalue weighted by molar-refractivity contribution is 5.31. The Labute approximate surface area is 28.6 Å². The molecule has 4 heteroatoms. The molecule has 0 unspecified atom stereocenters. The molecule has 0 rings (SSSR count). The van der Waals surface area contributed by atoms with Crippen LogP contribution in [-0.4, -0.2) is 6.08 Å². The molecule has 0 radical (unpaired) electrons. The van der Waals surface area contributed by atoms with E-state index in [0.717, 1.165) is 6.08 Å². The summed E-state index contributed by atoms with van der Waals surface area (Å²) in [6, 6.07) is 0. The first-order chi connectivity index (χ1) is 2.41. The molecule has 28 valence electrons. The average Bonchev–Trinajstić information content (AvgIpc) is 1.41. The molecule has 0 atom stereocenters. The number of nitrogens with one attached hydrogen (secondary N) is 1. The van der Waals surface area contributed by atoms with E-state index in [4.69, 9.17) is 4.79 Å². The minimum absolute atomic E-state index is 1.16. The first kappa shape index (κ1) is 4.14. The lowest BCUT2D eigenvalue weighted by molar-refractivity contribution is 0.558. The van der Waals surface area contributed by atoms with Gasteiger partial charge < -0.3 is 0 Å². The van der Waals surface area contributed by atoms with Crippen LogP contribution in [0.1, 0.15) is 0 Å². The number of rotatable bonds is 1. The van der Waals surface area contributed by atoms with Crippen molar-refractivity contribution in [2.24, 2.45) is 10.9 Å². The van der Waals surface area contributed by atoms with Gasteiger partial charge >= 0.3 is 0 Å². The molecule has 0 aliphatic rings. The molecule has 0 spiro atoms. The topological polar surface area (TPSA) is 67.5 Å². The van der Waals surface area contributed by atoms with Crippen LogP contribution >= 0.6 is 0 Å². The molecule has 3 N–H and O–H groups in total.